The summed E-state index contributed by atoms with van der Waals surface area (Å²) in [4.78, 5) is 5.68. The molecule has 0 aliphatic carbocycles. The third kappa shape index (κ3) is 7.41. The molecule has 0 atom stereocenters. The van der Waals surface area contributed by atoms with Crippen molar-refractivity contribution in [2.75, 3.05) is 33.2 Å². The Balaban J connectivity index is 1.65. The van der Waals surface area contributed by atoms with Crippen molar-refractivity contribution in [3.05, 3.63) is 34.9 Å². The minimum absolute atomic E-state index is 0.452. The summed E-state index contributed by atoms with van der Waals surface area (Å²) in [5, 5.41) is 7.19. The summed E-state index contributed by atoms with van der Waals surface area (Å²) in [5.41, 5.74) is 0.995. The highest BCUT2D eigenvalue weighted by atomic mass is 35.5. The lowest BCUT2D eigenvalue weighted by Gasteiger charge is -2.32. The molecule has 0 bridgehead atoms. The van der Waals surface area contributed by atoms with E-state index in [1.807, 2.05) is 24.3 Å². The third-order valence-corrected chi connectivity index (χ3v) is 4.95. The van der Waals surface area contributed by atoms with Crippen molar-refractivity contribution in [3.8, 4) is 0 Å². The molecule has 1 aromatic carbocycles. The molecule has 0 amide bonds. The first kappa shape index (κ1) is 20.8. The van der Waals surface area contributed by atoms with Gasteiger partial charge in [-0.25, -0.2) is 0 Å². The highest BCUT2D eigenvalue weighted by molar-refractivity contribution is 6.31. The van der Waals surface area contributed by atoms with Gasteiger partial charge >= 0.3 is 6.18 Å². The normalized spacial score (nSPS) is 17.3. The van der Waals surface area contributed by atoms with E-state index >= 15 is 0 Å². The van der Waals surface area contributed by atoms with E-state index in [1.54, 1.807) is 7.05 Å². The first-order valence-corrected chi connectivity index (χ1v) is 9.22. The number of likely N-dealkylation sites (tertiary alicyclic amines) is 1. The highest BCUT2D eigenvalue weighted by Crippen LogP contribution is 2.24. The number of aliphatic imine (C=N–C) groups is 1. The van der Waals surface area contributed by atoms with Crippen molar-refractivity contribution in [3.63, 3.8) is 0 Å². The van der Waals surface area contributed by atoms with Crippen LogP contribution < -0.4 is 10.6 Å². The zero-order valence-corrected chi connectivity index (χ0v) is 15.7. The molecule has 26 heavy (non-hydrogen) atoms. The fourth-order valence-corrected chi connectivity index (χ4v) is 3.33. The van der Waals surface area contributed by atoms with Gasteiger partial charge in [0, 0.05) is 25.2 Å². The van der Waals surface area contributed by atoms with Gasteiger partial charge in [0.2, 0.25) is 0 Å². The Hall–Kier alpha value is -1.47. The van der Waals surface area contributed by atoms with Crippen LogP contribution in [0.5, 0.6) is 0 Å². The van der Waals surface area contributed by atoms with Crippen molar-refractivity contribution in [1.82, 2.24) is 15.5 Å². The largest absolute Gasteiger partial charge is 0.401 e. The van der Waals surface area contributed by atoms with Gasteiger partial charge in [-0.1, -0.05) is 29.8 Å². The number of rotatable bonds is 6. The molecule has 0 radical (unpaired) electrons. The van der Waals surface area contributed by atoms with Crippen LogP contribution in [0.1, 0.15) is 24.8 Å². The van der Waals surface area contributed by atoms with Crippen molar-refractivity contribution in [1.29, 1.82) is 0 Å². The van der Waals surface area contributed by atoms with Crippen molar-refractivity contribution in [2.45, 2.75) is 32.0 Å². The molecule has 2 N–H and O–H groups in total. The summed E-state index contributed by atoms with van der Waals surface area (Å²) in [6.07, 6.45) is -1.56. The first-order chi connectivity index (χ1) is 12.4. The minimum atomic E-state index is -4.10. The van der Waals surface area contributed by atoms with Crippen LogP contribution in [0.4, 0.5) is 13.2 Å². The fraction of sp³-hybridized carbons (Fsp3) is 0.611. The number of nitrogens with one attached hydrogen (secondary N) is 2. The Kier molecular flexibility index (Phi) is 8.03. The van der Waals surface area contributed by atoms with Gasteiger partial charge in [0.15, 0.2) is 5.96 Å². The Morgan fingerprint density at radius 3 is 2.54 bits per heavy atom. The predicted octanol–water partition coefficient (Wildman–Crippen LogP) is 3.67. The van der Waals surface area contributed by atoms with Crippen molar-refractivity contribution >= 4 is 17.6 Å². The maximum Gasteiger partial charge on any atom is 0.401 e. The number of alkyl halides is 3. The summed E-state index contributed by atoms with van der Waals surface area (Å²) < 4.78 is 37.2. The SMILES string of the molecule is CN=C(NCCC1CCN(CC(F)(F)F)CC1)NCc1ccccc1Cl. The fourth-order valence-electron chi connectivity index (χ4n) is 3.12. The lowest BCUT2D eigenvalue weighted by atomic mass is 9.93. The molecular formula is C18H26ClF3N4. The Morgan fingerprint density at radius 1 is 1.23 bits per heavy atom. The monoisotopic (exact) mass is 390 g/mol. The second-order valence-electron chi connectivity index (χ2n) is 6.57. The molecule has 1 aliphatic heterocycles. The molecule has 8 heteroatoms. The van der Waals surface area contributed by atoms with Crippen molar-refractivity contribution in [2.24, 2.45) is 10.9 Å². The molecule has 1 heterocycles. The molecule has 4 nitrogen and oxygen atoms in total. The van der Waals surface area contributed by atoms with E-state index < -0.39 is 12.7 Å². The Bertz CT molecular complexity index is 584. The number of hydrogen-bond donors (Lipinski definition) is 2. The topological polar surface area (TPSA) is 39.7 Å². The Morgan fingerprint density at radius 2 is 1.92 bits per heavy atom. The van der Waals surface area contributed by atoms with E-state index in [0.29, 0.717) is 36.5 Å². The molecular weight excluding hydrogens is 365 g/mol. The average Bonchev–Trinajstić information content (AvgIpc) is 2.59. The number of hydrogen-bond acceptors (Lipinski definition) is 2. The van der Waals surface area contributed by atoms with E-state index in [2.05, 4.69) is 15.6 Å². The molecule has 1 saturated heterocycles. The van der Waals surface area contributed by atoms with E-state index in [0.717, 1.165) is 31.4 Å². The second-order valence-corrected chi connectivity index (χ2v) is 6.97. The van der Waals surface area contributed by atoms with Crippen LogP contribution in [0.25, 0.3) is 0 Å². The van der Waals surface area contributed by atoms with Gasteiger partial charge < -0.3 is 10.6 Å². The van der Waals surface area contributed by atoms with Gasteiger partial charge in [-0.3, -0.25) is 9.89 Å². The van der Waals surface area contributed by atoms with Crippen LogP contribution in [-0.4, -0.2) is 50.3 Å². The maximum absolute atomic E-state index is 12.4. The number of nitrogens with zero attached hydrogens (tertiary/aromatic N) is 2. The molecule has 0 unspecified atom stereocenters. The summed E-state index contributed by atoms with van der Waals surface area (Å²) in [6, 6.07) is 7.63. The molecule has 1 aromatic rings. The summed E-state index contributed by atoms with van der Waals surface area (Å²) >= 11 is 6.13. The average molecular weight is 391 g/mol. The quantitative estimate of drug-likeness (QED) is 0.575. The summed E-state index contributed by atoms with van der Waals surface area (Å²) in [7, 11) is 1.71. The third-order valence-electron chi connectivity index (χ3n) is 4.58. The standard InChI is InChI=1S/C18H26ClF3N4/c1-23-17(25-12-15-4-2-3-5-16(15)19)24-9-6-14-7-10-26(11-8-14)13-18(20,21)22/h2-5,14H,6-13H2,1H3,(H2,23,24,25). The van der Waals surface area contributed by atoms with Crippen LogP contribution in [0, 0.1) is 5.92 Å². The van der Waals surface area contributed by atoms with Gasteiger partial charge in [0.1, 0.15) is 0 Å². The van der Waals surface area contributed by atoms with Gasteiger partial charge in [-0.2, -0.15) is 13.2 Å². The maximum atomic E-state index is 12.4. The van der Waals surface area contributed by atoms with Crippen LogP contribution >= 0.6 is 11.6 Å². The first-order valence-electron chi connectivity index (χ1n) is 8.84. The van der Waals surface area contributed by atoms with Crippen LogP contribution in [-0.2, 0) is 6.54 Å². The molecule has 1 aliphatic rings. The van der Waals surface area contributed by atoms with Crippen LogP contribution in [0.2, 0.25) is 5.02 Å². The van der Waals surface area contributed by atoms with E-state index in [-0.39, 0.29) is 0 Å². The molecule has 146 valence electrons. The molecule has 2 rings (SSSR count). The van der Waals surface area contributed by atoms with E-state index in [9.17, 15) is 13.2 Å². The molecule has 0 saturated carbocycles. The minimum Gasteiger partial charge on any atom is -0.356 e. The summed E-state index contributed by atoms with van der Waals surface area (Å²) in [6.45, 7) is 1.56. The highest BCUT2D eigenvalue weighted by Gasteiger charge is 2.32. The molecule has 1 fully saturated rings. The number of benzene rings is 1. The lowest BCUT2D eigenvalue weighted by molar-refractivity contribution is -0.148. The zero-order valence-electron chi connectivity index (χ0n) is 14.9. The Labute approximate surface area is 157 Å². The second kappa shape index (κ2) is 10.0. The zero-order chi connectivity index (χ0) is 19.0. The van der Waals surface area contributed by atoms with Crippen LogP contribution in [0.3, 0.4) is 0 Å². The summed E-state index contributed by atoms with van der Waals surface area (Å²) in [5.74, 6) is 1.15. The number of halogens is 4. The van der Waals surface area contributed by atoms with E-state index in [4.69, 9.17) is 11.6 Å². The van der Waals surface area contributed by atoms with E-state index in [1.165, 1.54) is 4.90 Å². The van der Waals surface area contributed by atoms with Gasteiger partial charge in [-0.15, -0.1) is 0 Å². The molecule has 0 spiro atoms. The number of piperidine rings is 1. The number of guanidine groups is 1. The molecule has 0 aromatic heterocycles. The van der Waals surface area contributed by atoms with Gasteiger partial charge in [0.25, 0.3) is 0 Å². The lowest BCUT2D eigenvalue weighted by Crippen LogP contribution is -2.41. The smallest absolute Gasteiger partial charge is 0.356 e. The van der Waals surface area contributed by atoms with Crippen molar-refractivity contribution < 1.29 is 13.2 Å². The predicted molar refractivity (Wildman–Crippen MR) is 99.5 cm³/mol. The van der Waals surface area contributed by atoms with Gasteiger partial charge in [0.05, 0.1) is 6.54 Å². The van der Waals surface area contributed by atoms with Crippen LogP contribution in [0.15, 0.2) is 29.3 Å². The van der Waals surface area contributed by atoms with Gasteiger partial charge in [-0.05, 0) is 49.9 Å².